The van der Waals surface area contributed by atoms with Crippen molar-refractivity contribution in [2.24, 2.45) is 23.7 Å². The molecule has 1 saturated carbocycles. The molecule has 94 valence electrons. The zero-order valence-electron chi connectivity index (χ0n) is 11.3. The highest BCUT2D eigenvalue weighted by Gasteiger charge is 2.47. The Kier molecular flexibility index (Phi) is 5.54. The first-order chi connectivity index (χ1) is 7.61. The number of allylic oxidation sites excluding steroid dienone is 2. The standard InChI is InChI=1S/C15H28O/c1-5-8-13(6-2)10-7-9-11(3)14-12(4)15(14)16/h7,10-16H,5-6,8-9H2,1-4H3/b10-7-/t11-,12-,13?,14+,15?/m1/s1. The van der Waals surface area contributed by atoms with Crippen LogP contribution < -0.4 is 0 Å². The van der Waals surface area contributed by atoms with Gasteiger partial charge in [0.15, 0.2) is 0 Å². The summed E-state index contributed by atoms with van der Waals surface area (Å²) in [6.45, 7) is 8.94. The second kappa shape index (κ2) is 6.44. The Morgan fingerprint density at radius 1 is 1.31 bits per heavy atom. The van der Waals surface area contributed by atoms with E-state index in [1.807, 2.05) is 0 Å². The predicted octanol–water partition coefficient (Wildman–Crippen LogP) is 4.02. The molecule has 5 atom stereocenters. The van der Waals surface area contributed by atoms with Crippen LogP contribution in [0.1, 0.15) is 53.4 Å². The molecular formula is C15H28O. The summed E-state index contributed by atoms with van der Waals surface area (Å²) in [6, 6.07) is 0. The van der Waals surface area contributed by atoms with E-state index in [0.29, 0.717) is 17.8 Å². The molecule has 0 heterocycles. The third-order valence-corrected chi connectivity index (χ3v) is 4.16. The van der Waals surface area contributed by atoms with Crippen molar-refractivity contribution < 1.29 is 5.11 Å². The molecule has 0 radical (unpaired) electrons. The first-order valence-corrected chi connectivity index (χ1v) is 6.96. The number of aliphatic hydroxyl groups excluding tert-OH is 1. The van der Waals surface area contributed by atoms with E-state index >= 15 is 0 Å². The van der Waals surface area contributed by atoms with Gasteiger partial charge in [-0.25, -0.2) is 0 Å². The Morgan fingerprint density at radius 3 is 2.38 bits per heavy atom. The second-order valence-electron chi connectivity index (χ2n) is 5.53. The molecule has 1 aliphatic carbocycles. The van der Waals surface area contributed by atoms with Crippen molar-refractivity contribution >= 4 is 0 Å². The Morgan fingerprint density at radius 2 is 1.94 bits per heavy atom. The van der Waals surface area contributed by atoms with Crippen molar-refractivity contribution in [3.63, 3.8) is 0 Å². The number of rotatable bonds is 7. The molecule has 0 aromatic carbocycles. The average molecular weight is 224 g/mol. The number of hydrogen-bond acceptors (Lipinski definition) is 1. The van der Waals surface area contributed by atoms with Crippen molar-refractivity contribution in [1.29, 1.82) is 0 Å². The average Bonchev–Trinajstić information content (AvgIpc) is 2.85. The molecule has 0 saturated heterocycles. The highest BCUT2D eigenvalue weighted by molar-refractivity contribution is 5.00. The van der Waals surface area contributed by atoms with Gasteiger partial charge in [-0.1, -0.05) is 46.3 Å². The zero-order valence-corrected chi connectivity index (χ0v) is 11.3. The van der Waals surface area contributed by atoms with Crippen molar-refractivity contribution in [2.45, 2.75) is 59.5 Å². The number of aliphatic hydroxyl groups is 1. The van der Waals surface area contributed by atoms with Crippen molar-refractivity contribution in [3.05, 3.63) is 12.2 Å². The molecule has 1 fully saturated rings. The van der Waals surface area contributed by atoms with Crippen LogP contribution in [0.2, 0.25) is 0 Å². The lowest BCUT2D eigenvalue weighted by Crippen LogP contribution is -2.00. The molecule has 1 nitrogen and oxygen atoms in total. The van der Waals surface area contributed by atoms with Crippen LogP contribution in [0.5, 0.6) is 0 Å². The third-order valence-electron chi connectivity index (χ3n) is 4.16. The van der Waals surface area contributed by atoms with E-state index in [1.54, 1.807) is 0 Å². The molecule has 0 bridgehead atoms. The molecule has 0 aromatic heterocycles. The summed E-state index contributed by atoms with van der Waals surface area (Å²) in [4.78, 5) is 0. The van der Waals surface area contributed by atoms with Gasteiger partial charge in [0, 0.05) is 0 Å². The van der Waals surface area contributed by atoms with Gasteiger partial charge in [-0.3, -0.25) is 0 Å². The lowest BCUT2D eigenvalue weighted by atomic mass is 9.96. The fourth-order valence-corrected chi connectivity index (χ4v) is 2.78. The SMILES string of the molecule is CCCC(/C=C\C[C@@H](C)[C@@H]1C(O)[C@@H]1C)CC. The van der Waals surface area contributed by atoms with E-state index < -0.39 is 0 Å². The van der Waals surface area contributed by atoms with Gasteiger partial charge in [0.25, 0.3) is 0 Å². The zero-order chi connectivity index (χ0) is 12.1. The Labute approximate surface area is 101 Å². The van der Waals surface area contributed by atoms with Gasteiger partial charge < -0.3 is 5.11 Å². The molecule has 1 aliphatic rings. The molecule has 0 aromatic rings. The van der Waals surface area contributed by atoms with Crippen LogP contribution in [0.3, 0.4) is 0 Å². The van der Waals surface area contributed by atoms with E-state index in [4.69, 9.17) is 0 Å². The van der Waals surface area contributed by atoms with Crippen molar-refractivity contribution in [1.82, 2.24) is 0 Å². The van der Waals surface area contributed by atoms with Crippen LogP contribution in [0.25, 0.3) is 0 Å². The predicted molar refractivity (Wildman–Crippen MR) is 70.3 cm³/mol. The summed E-state index contributed by atoms with van der Waals surface area (Å²) >= 11 is 0. The molecule has 1 heteroatoms. The maximum absolute atomic E-state index is 9.58. The van der Waals surface area contributed by atoms with Crippen LogP contribution in [-0.2, 0) is 0 Å². The van der Waals surface area contributed by atoms with Crippen molar-refractivity contribution in [2.75, 3.05) is 0 Å². The van der Waals surface area contributed by atoms with Gasteiger partial charge in [-0.15, -0.1) is 0 Å². The van der Waals surface area contributed by atoms with E-state index in [-0.39, 0.29) is 6.10 Å². The fourth-order valence-electron chi connectivity index (χ4n) is 2.78. The fraction of sp³-hybridized carbons (Fsp3) is 0.867. The summed E-state index contributed by atoms with van der Waals surface area (Å²) in [5, 5.41) is 9.58. The largest absolute Gasteiger partial charge is 0.393 e. The molecule has 0 aliphatic heterocycles. The minimum atomic E-state index is -0.0268. The smallest absolute Gasteiger partial charge is 0.0603 e. The minimum Gasteiger partial charge on any atom is -0.393 e. The summed E-state index contributed by atoms with van der Waals surface area (Å²) in [6.07, 6.45) is 9.67. The number of hydrogen-bond donors (Lipinski definition) is 1. The van der Waals surface area contributed by atoms with Gasteiger partial charge >= 0.3 is 0 Å². The molecule has 1 N–H and O–H groups in total. The van der Waals surface area contributed by atoms with Crippen LogP contribution in [-0.4, -0.2) is 11.2 Å². The summed E-state index contributed by atoms with van der Waals surface area (Å²) in [5.74, 6) is 2.48. The van der Waals surface area contributed by atoms with E-state index in [0.717, 1.165) is 12.3 Å². The van der Waals surface area contributed by atoms with Gasteiger partial charge in [-0.05, 0) is 42.9 Å². The Balaban J connectivity index is 2.25. The lowest BCUT2D eigenvalue weighted by molar-refractivity contribution is 0.236. The van der Waals surface area contributed by atoms with Crippen LogP contribution >= 0.6 is 0 Å². The minimum absolute atomic E-state index is 0.0268. The highest BCUT2D eigenvalue weighted by atomic mass is 16.3. The van der Waals surface area contributed by atoms with Gasteiger partial charge in [0.2, 0.25) is 0 Å². The first kappa shape index (κ1) is 13.8. The molecule has 1 rings (SSSR count). The molecule has 16 heavy (non-hydrogen) atoms. The van der Waals surface area contributed by atoms with Gasteiger partial charge in [0.05, 0.1) is 6.10 Å². The Hall–Kier alpha value is -0.300. The molecular weight excluding hydrogens is 196 g/mol. The normalized spacial score (nSPS) is 32.9. The monoisotopic (exact) mass is 224 g/mol. The Bertz CT molecular complexity index is 213. The maximum atomic E-state index is 9.58. The summed E-state index contributed by atoms with van der Waals surface area (Å²) < 4.78 is 0. The van der Waals surface area contributed by atoms with Crippen LogP contribution in [0.15, 0.2) is 12.2 Å². The molecule has 2 unspecified atom stereocenters. The molecule has 0 spiro atoms. The topological polar surface area (TPSA) is 20.2 Å². The second-order valence-corrected chi connectivity index (χ2v) is 5.53. The van der Waals surface area contributed by atoms with Crippen LogP contribution in [0.4, 0.5) is 0 Å². The highest BCUT2D eigenvalue weighted by Crippen LogP contribution is 2.45. The summed E-state index contributed by atoms with van der Waals surface area (Å²) in [5.41, 5.74) is 0. The quantitative estimate of drug-likeness (QED) is 0.648. The van der Waals surface area contributed by atoms with Crippen molar-refractivity contribution in [3.8, 4) is 0 Å². The van der Waals surface area contributed by atoms with E-state index in [1.165, 1.54) is 19.3 Å². The summed E-state index contributed by atoms with van der Waals surface area (Å²) in [7, 11) is 0. The van der Waals surface area contributed by atoms with Gasteiger partial charge in [0.1, 0.15) is 0 Å². The van der Waals surface area contributed by atoms with Gasteiger partial charge in [-0.2, -0.15) is 0 Å². The first-order valence-electron chi connectivity index (χ1n) is 6.96. The van der Waals surface area contributed by atoms with E-state index in [2.05, 4.69) is 39.8 Å². The van der Waals surface area contributed by atoms with Crippen LogP contribution in [0, 0.1) is 23.7 Å². The third kappa shape index (κ3) is 3.62. The van der Waals surface area contributed by atoms with E-state index in [9.17, 15) is 5.11 Å². The molecule has 0 amide bonds. The maximum Gasteiger partial charge on any atom is 0.0603 e. The lowest BCUT2D eigenvalue weighted by Gasteiger charge is -2.10.